The molecule has 0 amide bonds. The largest absolute Gasteiger partial charge is 0.416 e. The average molecular weight is 689 g/mol. The number of nitrogens with zero attached hydrogens (tertiary/aromatic N) is 2. The predicted molar refractivity (Wildman–Crippen MR) is 186 cm³/mol. The molecule has 0 rings (SSSR count). The molecule has 0 aliphatic heterocycles. The molecule has 13 heteroatoms. The normalized spacial score (nSPS) is 12.6. The number of nitriles is 2. The van der Waals surface area contributed by atoms with Gasteiger partial charge in [-0.3, -0.25) is 9.59 Å². The standard InChI is InChI=1S/C25H53NO4Si3.C7H11NO4/c1-10-31(11-2,12-3)28-21-25(24(27)19-20-26,22-29-32(13-4,14-5)15-6)23-30-33(16-7,17-8)18-9;8-2-1-6(12)7(3-9,4-10)5-11/h10-19,21-23H2,1-9H3;9-11H,1,3-5H2. The first-order valence-corrected chi connectivity index (χ1v) is 24.5. The van der Waals surface area contributed by atoms with Crippen molar-refractivity contribution in [3.8, 4) is 12.1 Å². The second kappa shape index (κ2) is 23.1. The van der Waals surface area contributed by atoms with Gasteiger partial charge in [-0.05, 0) is 54.4 Å². The van der Waals surface area contributed by atoms with Crippen LogP contribution in [-0.4, -0.2) is 91.5 Å². The van der Waals surface area contributed by atoms with Crippen molar-refractivity contribution in [3.63, 3.8) is 0 Å². The van der Waals surface area contributed by atoms with Crippen LogP contribution in [0.4, 0.5) is 0 Å². The third-order valence-corrected chi connectivity index (χ3v) is 24.2. The van der Waals surface area contributed by atoms with Crippen LogP contribution in [0.2, 0.25) is 54.4 Å². The SMILES string of the molecule is CC[Si](CC)(CC)OCC(CO[Si](CC)(CC)CC)(CO[Si](CC)(CC)CC)C(=O)CC#N.N#CCC(=O)C(CO)(CO)CO. The van der Waals surface area contributed by atoms with Gasteiger partial charge in [-0.15, -0.1) is 0 Å². The third kappa shape index (κ3) is 13.0. The van der Waals surface area contributed by atoms with Gasteiger partial charge in [0.05, 0.1) is 75.5 Å². The van der Waals surface area contributed by atoms with E-state index in [4.69, 9.17) is 33.9 Å². The Labute approximate surface area is 276 Å². The number of carbonyl (C=O) groups excluding carboxylic acids is 2. The number of rotatable bonds is 25. The minimum Gasteiger partial charge on any atom is -0.416 e. The van der Waals surface area contributed by atoms with Crippen molar-refractivity contribution >= 4 is 36.5 Å². The second-order valence-electron chi connectivity index (χ2n) is 12.1. The Morgan fingerprint density at radius 1 is 0.511 bits per heavy atom. The van der Waals surface area contributed by atoms with Crippen LogP contribution in [0, 0.1) is 33.5 Å². The van der Waals surface area contributed by atoms with Crippen molar-refractivity contribution in [2.24, 2.45) is 10.8 Å². The maximum absolute atomic E-state index is 13.6. The Morgan fingerprint density at radius 3 is 0.911 bits per heavy atom. The van der Waals surface area contributed by atoms with Crippen LogP contribution in [0.15, 0.2) is 0 Å². The molecule has 0 spiro atoms. The van der Waals surface area contributed by atoms with E-state index in [1.165, 1.54) is 0 Å². The fraction of sp³-hybridized carbons (Fsp3) is 0.875. The zero-order valence-corrected chi connectivity index (χ0v) is 32.8. The minimum absolute atomic E-state index is 0.0753. The lowest BCUT2D eigenvalue weighted by Gasteiger charge is -2.41. The summed E-state index contributed by atoms with van der Waals surface area (Å²) < 4.78 is 20.2. The molecule has 0 saturated carbocycles. The number of hydrogen-bond acceptors (Lipinski definition) is 10. The summed E-state index contributed by atoms with van der Waals surface area (Å²) in [6.07, 6.45) is -0.533. The number of ketones is 2. The van der Waals surface area contributed by atoms with E-state index in [-0.39, 0.29) is 12.2 Å². The molecule has 262 valence electrons. The first-order valence-electron chi connectivity index (χ1n) is 16.9. The molecule has 0 aromatic heterocycles. The molecule has 0 bridgehead atoms. The summed E-state index contributed by atoms with van der Waals surface area (Å²) in [5.74, 6) is -0.717. The van der Waals surface area contributed by atoms with E-state index in [1.807, 2.05) is 0 Å². The van der Waals surface area contributed by atoms with E-state index >= 15 is 0 Å². The van der Waals surface area contributed by atoms with Gasteiger partial charge in [-0.1, -0.05) is 62.3 Å². The van der Waals surface area contributed by atoms with E-state index in [0.29, 0.717) is 19.8 Å². The lowest BCUT2D eigenvalue weighted by Crippen LogP contribution is -2.53. The smallest absolute Gasteiger partial charge is 0.192 e. The molecule has 0 aromatic carbocycles. The van der Waals surface area contributed by atoms with Gasteiger partial charge in [0.15, 0.2) is 36.5 Å². The van der Waals surface area contributed by atoms with Crippen LogP contribution in [0.3, 0.4) is 0 Å². The zero-order chi connectivity index (χ0) is 35.2. The molecule has 0 unspecified atom stereocenters. The quantitative estimate of drug-likeness (QED) is 0.0974. The van der Waals surface area contributed by atoms with Gasteiger partial charge in [-0.2, -0.15) is 10.5 Å². The van der Waals surface area contributed by atoms with Crippen LogP contribution >= 0.6 is 0 Å². The van der Waals surface area contributed by atoms with E-state index in [0.717, 1.165) is 54.4 Å². The summed E-state index contributed by atoms with van der Waals surface area (Å²) in [6, 6.07) is 12.9. The third-order valence-electron chi connectivity index (χ3n) is 10.3. The highest BCUT2D eigenvalue weighted by molar-refractivity contribution is 6.74. The van der Waals surface area contributed by atoms with Gasteiger partial charge in [0.1, 0.15) is 0 Å². The van der Waals surface area contributed by atoms with Gasteiger partial charge in [0, 0.05) is 0 Å². The Balaban J connectivity index is 0. The topological polar surface area (TPSA) is 170 Å². The highest BCUT2D eigenvalue weighted by Crippen LogP contribution is 2.34. The Bertz CT molecular complexity index is 829. The average Bonchev–Trinajstić information content (AvgIpc) is 3.08. The Kier molecular flexibility index (Phi) is 23.6. The molecule has 45 heavy (non-hydrogen) atoms. The summed E-state index contributed by atoms with van der Waals surface area (Å²) in [7, 11) is -5.76. The van der Waals surface area contributed by atoms with Gasteiger partial charge < -0.3 is 28.6 Å². The number of hydrogen-bond donors (Lipinski definition) is 3. The summed E-state index contributed by atoms with van der Waals surface area (Å²) >= 11 is 0. The molecule has 0 heterocycles. The zero-order valence-electron chi connectivity index (χ0n) is 29.8. The van der Waals surface area contributed by atoms with Crippen LogP contribution in [0.1, 0.15) is 75.2 Å². The van der Waals surface area contributed by atoms with Crippen molar-refractivity contribution < 1.29 is 38.2 Å². The number of aliphatic hydroxyl groups excluding tert-OH is 3. The molecular formula is C32H64N2O8Si3. The lowest BCUT2D eigenvalue weighted by atomic mass is 9.85. The van der Waals surface area contributed by atoms with Gasteiger partial charge in [-0.25, -0.2) is 0 Å². The molecule has 3 N–H and O–H groups in total. The summed E-state index contributed by atoms with van der Waals surface area (Å²) in [4.78, 5) is 24.7. The van der Waals surface area contributed by atoms with E-state index in [2.05, 4.69) is 68.4 Å². The van der Waals surface area contributed by atoms with Crippen LogP contribution < -0.4 is 0 Å². The van der Waals surface area contributed by atoms with E-state index in [1.54, 1.807) is 6.07 Å². The van der Waals surface area contributed by atoms with Crippen molar-refractivity contribution in [2.75, 3.05) is 39.6 Å². The van der Waals surface area contributed by atoms with Crippen molar-refractivity contribution in [3.05, 3.63) is 0 Å². The van der Waals surface area contributed by atoms with E-state index < -0.39 is 67.8 Å². The maximum atomic E-state index is 13.6. The summed E-state index contributed by atoms with van der Waals surface area (Å²) in [5.41, 5.74) is -2.46. The van der Waals surface area contributed by atoms with Crippen molar-refractivity contribution in [2.45, 2.75) is 130 Å². The van der Waals surface area contributed by atoms with Gasteiger partial charge in [0.2, 0.25) is 0 Å². The van der Waals surface area contributed by atoms with Crippen molar-refractivity contribution in [1.82, 2.24) is 0 Å². The number of Topliss-reactive ketones (excluding diaryl/α,β-unsaturated/α-hetero) is 2. The molecule has 0 radical (unpaired) electrons. The van der Waals surface area contributed by atoms with Gasteiger partial charge >= 0.3 is 0 Å². The molecule has 0 atom stereocenters. The van der Waals surface area contributed by atoms with Crippen molar-refractivity contribution in [1.29, 1.82) is 10.5 Å². The first-order chi connectivity index (χ1) is 21.3. The summed E-state index contributed by atoms with van der Waals surface area (Å²) in [5, 5.41) is 43.8. The highest BCUT2D eigenvalue weighted by atomic mass is 28.4. The number of carbonyl (C=O) groups is 2. The molecule has 10 nitrogen and oxygen atoms in total. The molecule has 0 aromatic rings. The highest BCUT2D eigenvalue weighted by Gasteiger charge is 2.46. The molecule has 0 fully saturated rings. The monoisotopic (exact) mass is 688 g/mol. The molecule has 0 aliphatic rings. The molecule has 0 aliphatic carbocycles. The van der Waals surface area contributed by atoms with Gasteiger partial charge in [0.25, 0.3) is 0 Å². The van der Waals surface area contributed by atoms with E-state index in [9.17, 15) is 14.9 Å². The summed E-state index contributed by atoms with van der Waals surface area (Å²) in [6.45, 7) is 18.8. The van der Waals surface area contributed by atoms with Crippen LogP contribution in [-0.2, 0) is 22.9 Å². The molecular weight excluding hydrogens is 625 g/mol. The minimum atomic E-state index is -1.92. The second-order valence-corrected chi connectivity index (χ2v) is 26.5. The fourth-order valence-corrected chi connectivity index (χ4v) is 13.4. The Hall–Kier alpha value is -1.27. The lowest BCUT2D eigenvalue weighted by molar-refractivity contribution is -0.136. The van der Waals surface area contributed by atoms with Crippen LogP contribution in [0.5, 0.6) is 0 Å². The molecule has 0 saturated heterocycles. The fourth-order valence-electron chi connectivity index (χ4n) is 5.34. The maximum Gasteiger partial charge on any atom is 0.192 e. The van der Waals surface area contributed by atoms with Crippen LogP contribution in [0.25, 0.3) is 0 Å². The number of aliphatic hydroxyl groups is 3. The first kappa shape index (κ1) is 45.9. The Morgan fingerprint density at radius 2 is 0.733 bits per heavy atom. The predicted octanol–water partition coefficient (Wildman–Crippen LogP) is 5.95.